The number of hydrogen-bond donors (Lipinski definition) is 1. The van der Waals surface area contributed by atoms with E-state index in [1.807, 2.05) is 51.1 Å². The average molecular weight is 546 g/mol. The van der Waals surface area contributed by atoms with Gasteiger partial charge >= 0.3 is 0 Å². The van der Waals surface area contributed by atoms with E-state index >= 15 is 0 Å². The molecule has 0 radical (unpaired) electrons. The van der Waals surface area contributed by atoms with Crippen molar-refractivity contribution in [1.29, 1.82) is 0 Å². The summed E-state index contributed by atoms with van der Waals surface area (Å²) < 4.78 is 21.9. The van der Waals surface area contributed by atoms with Crippen molar-refractivity contribution >= 4 is 29.1 Å². The van der Waals surface area contributed by atoms with Crippen LogP contribution in [0.3, 0.4) is 0 Å². The Morgan fingerprint density at radius 1 is 1.03 bits per heavy atom. The van der Waals surface area contributed by atoms with Gasteiger partial charge in [-0.2, -0.15) is 0 Å². The van der Waals surface area contributed by atoms with Gasteiger partial charge in [0, 0.05) is 29.9 Å². The van der Waals surface area contributed by atoms with Gasteiger partial charge in [0.25, 0.3) is 11.8 Å². The number of ether oxygens (including phenoxy) is 1. The second kappa shape index (κ2) is 10.2. The summed E-state index contributed by atoms with van der Waals surface area (Å²) in [5.74, 6) is -0.404. The standard InChI is InChI=1S/C31H29ClFN3O3/c1-17(2)35-26(22-14-20(30(37)34-4)10-13-27(22)39-5)16-23-29(35)28(19-8-6-18(3)7-9-19)36(31(23)38)21-11-12-25(33)24(32)15-21/h6-17,28H,1-5H3,(H,34,37). The van der Waals surface area contributed by atoms with E-state index in [-0.39, 0.29) is 22.9 Å². The third-order valence-corrected chi connectivity index (χ3v) is 7.39. The molecule has 8 heteroatoms. The molecule has 0 saturated carbocycles. The molecule has 2 heterocycles. The number of anilines is 1. The van der Waals surface area contributed by atoms with Gasteiger partial charge < -0.3 is 14.6 Å². The van der Waals surface area contributed by atoms with Crippen LogP contribution in [-0.2, 0) is 0 Å². The fourth-order valence-electron chi connectivity index (χ4n) is 5.27. The van der Waals surface area contributed by atoms with Crippen LogP contribution in [0.2, 0.25) is 5.02 Å². The number of fused-ring (bicyclic) bond motifs is 1. The molecule has 0 fully saturated rings. The summed E-state index contributed by atoms with van der Waals surface area (Å²) in [6, 6.07) is 18.9. The van der Waals surface area contributed by atoms with Gasteiger partial charge in [-0.3, -0.25) is 14.5 Å². The summed E-state index contributed by atoms with van der Waals surface area (Å²) in [7, 11) is 3.16. The summed E-state index contributed by atoms with van der Waals surface area (Å²) in [6.45, 7) is 6.10. The molecular weight excluding hydrogens is 517 g/mol. The Morgan fingerprint density at radius 2 is 1.74 bits per heavy atom. The maximum absolute atomic E-state index is 14.1. The summed E-state index contributed by atoms with van der Waals surface area (Å²) in [4.78, 5) is 28.3. The minimum atomic E-state index is -0.548. The zero-order valence-electron chi connectivity index (χ0n) is 22.4. The normalized spacial score (nSPS) is 14.6. The first-order valence-electron chi connectivity index (χ1n) is 12.7. The van der Waals surface area contributed by atoms with E-state index in [2.05, 4.69) is 9.88 Å². The van der Waals surface area contributed by atoms with E-state index in [0.717, 1.165) is 22.5 Å². The van der Waals surface area contributed by atoms with Gasteiger partial charge in [0.15, 0.2) is 0 Å². The van der Waals surface area contributed by atoms with Gasteiger partial charge in [0.1, 0.15) is 17.6 Å². The van der Waals surface area contributed by atoms with Crippen LogP contribution in [0, 0.1) is 12.7 Å². The lowest BCUT2D eigenvalue weighted by molar-refractivity contribution is 0.0961. The first-order chi connectivity index (χ1) is 18.7. The van der Waals surface area contributed by atoms with Gasteiger partial charge in [-0.15, -0.1) is 0 Å². The number of methoxy groups -OCH3 is 1. The summed E-state index contributed by atoms with van der Waals surface area (Å²) in [6.07, 6.45) is 0. The number of nitrogens with zero attached hydrogens (tertiary/aromatic N) is 2. The molecule has 1 aliphatic heterocycles. The average Bonchev–Trinajstić information content (AvgIpc) is 3.45. The largest absolute Gasteiger partial charge is 0.496 e. The summed E-state index contributed by atoms with van der Waals surface area (Å²) in [5, 5.41) is 2.61. The van der Waals surface area contributed by atoms with Gasteiger partial charge in [0.2, 0.25) is 0 Å². The topological polar surface area (TPSA) is 63.6 Å². The highest BCUT2D eigenvalue weighted by Gasteiger charge is 2.43. The van der Waals surface area contributed by atoms with Crippen LogP contribution in [0.5, 0.6) is 5.75 Å². The van der Waals surface area contributed by atoms with Crippen molar-refractivity contribution in [1.82, 2.24) is 9.88 Å². The number of benzene rings is 3. The van der Waals surface area contributed by atoms with Crippen LogP contribution < -0.4 is 15.0 Å². The van der Waals surface area contributed by atoms with Crippen LogP contribution in [0.4, 0.5) is 10.1 Å². The monoisotopic (exact) mass is 545 g/mol. The summed E-state index contributed by atoms with van der Waals surface area (Å²) in [5.41, 5.74) is 5.78. The highest BCUT2D eigenvalue weighted by molar-refractivity contribution is 6.31. The third kappa shape index (κ3) is 4.46. The molecule has 0 saturated heterocycles. The predicted molar refractivity (Wildman–Crippen MR) is 151 cm³/mol. The highest BCUT2D eigenvalue weighted by atomic mass is 35.5. The molecule has 1 atom stereocenters. The van der Waals surface area contributed by atoms with Crippen LogP contribution in [0.1, 0.15) is 63.5 Å². The van der Waals surface area contributed by atoms with E-state index in [4.69, 9.17) is 16.3 Å². The molecule has 1 unspecified atom stereocenters. The molecule has 0 spiro atoms. The summed E-state index contributed by atoms with van der Waals surface area (Å²) >= 11 is 6.15. The molecule has 4 aromatic rings. The van der Waals surface area contributed by atoms with Crippen molar-refractivity contribution in [2.45, 2.75) is 32.9 Å². The van der Waals surface area contributed by atoms with Gasteiger partial charge in [-0.25, -0.2) is 4.39 Å². The van der Waals surface area contributed by atoms with Crippen molar-refractivity contribution in [3.63, 3.8) is 0 Å². The molecule has 0 aliphatic carbocycles. The Labute approximate surface area is 232 Å². The third-order valence-electron chi connectivity index (χ3n) is 7.10. The number of aryl methyl sites for hydroxylation is 1. The number of halogens is 2. The Kier molecular flexibility index (Phi) is 6.95. The molecule has 1 aromatic heterocycles. The minimum Gasteiger partial charge on any atom is -0.496 e. The van der Waals surface area contributed by atoms with E-state index in [9.17, 15) is 14.0 Å². The molecule has 200 valence electrons. The Morgan fingerprint density at radius 3 is 2.36 bits per heavy atom. The Bertz CT molecular complexity index is 1590. The molecule has 1 aliphatic rings. The molecule has 3 aromatic carbocycles. The molecule has 2 amide bonds. The maximum Gasteiger partial charge on any atom is 0.261 e. The SMILES string of the molecule is CNC(=O)c1ccc(OC)c(-c2cc3c(n2C(C)C)C(c2ccc(C)cc2)N(c2ccc(F)c(Cl)c2)C3=O)c1. The predicted octanol–water partition coefficient (Wildman–Crippen LogP) is 6.95. The first kappa shape index (κ1) is 26.5. The van der Waals surface area contributed by atoms with E-state index in [1.54, 1.807) is 43.3 Å². The number of aromatic nitrogens is 1. The van der Waals surface area contributed by atoms with E-state index < -0.39 is 11.9 Å². The van der Waals surface area contributed by atoms with Crippen molar-refractivity contribution in [3.05, 3.63) is 106 Å². The van der Waals surface area contributed by atoms with E-state index in [0.29, 0.717) is 28.1 Å². The van der Waals surface area contributed by atoms with Crippen molar-refractivity contribution < 1.29 is 18.7 Å². The highest BCUT2D eigenvalue weighted by Crippen LogP contribution is 2.47. The zero-order valence-corrected chi connectivity index (χ0v) is 23.1. The second-order valence-electron chi connectivity index (χ2n) is 9.87. The fraction of sp³-hybridized carbons (Fsp3) is 0.226. The Balaban J connectivity index is 1.78. The van der Waals surface area contributed by atoms with Crippen LogP contribution in [0.25, 0.3) is 11.3 Å². The molecule has 0 bridgehead atoms. The smallest absolute Gasteiger partial charge is 0.261 e. The molecular formula is C31H29ClFN3O3. The van der Waals surface area contributed by atoms with Crippen LogP contribution >= 0.6 is 11.6 Å². The molecule has 6 nitrogen and oxygen atoms in total. The molecule has 39 heavy (non-hydrogen) atoms. The second-order valence-corrected chi connectivity index (χ2v) is 10.3. The van der Waals surface area contributed by atoms with Gasteiger partial charge in [-0.05, 0) is 68.8 Å². The van der Waals surface area contributed by atoms with Crippen molar-refractivity contribution in [3.8, 4) is 17.0 Å². The lowest BCUT2D eigenvalue weighted by Gasteiger charge is -2.29. The maximum atomic E-state index is 14.1. The lowest BCUT2D eigenvalue weighted by Crippen LogP contribution is -2.30. The zero-order chi connectivity index (χ0) is 28.0. The van der Waals surface area contributed by atoms with Gasteiger partial charge in [-0.1, -0.05) is 41.4 Å². The lowest BCUT2D eigenvalue weighted by atomic mass is 10.0. The van der Waals surface area contributed by atoms with Crippen LogP contribution in [0.15, 0.2) is 66.7 Å². The van der Waals surface area contributed by atoms with Crippen molar-refractivity contribution in [2.75, 3.05) is 19.1 Å². The first-order valence-corrected chi connectivity index (χ1v) is 13.0. The number of rotatable bonds is 6. The van der Waals surface area contributed by atoms with Crippen LogP contribution in [-0.4, -0.2) is 30.5 Å². The molecule has 1 N–H and O–H groups in total. The van der Waals surface area contributed by atoms with Gasteiger partial charge in [0.05, 0.1) is 29.1 Å². The fourth-order valence-corrected chi connectivity index (χ4v) is 5.45. The van der Waals surface area contributed by atoms with E-state index in [1.165, 1.54) is 12.1 Å². The number of nitrogens with one attached hydrogen (secondary N) is 1. The number of hydrogen-bond acceptors (Lipinski definition) is 3. The number of carbonyl (C=O) groups excluding carboxylic acids is 2. The number of amides is 2. The number of carbonyl (C=O) groups is 2. The minimum absolute atomic E-state index is 0.0466. The molecule has 5 rings (SSSR count). The van der Waals surface area contributed by atoms with Crippen molar-refractivity contribution in [2.24, 2.45) is 0 Å². The quantitative estimate of drug-likeness (QED) is 0.285. The Hall–Kier alpha value is -4.10.